The van der Waals surface area contributed by atoms with Crippen molar-refractivity contribution in [3.63, 3.8) is 0 Å². The van der Waals surface area contributed by atoms with Crippen molar-refractivity contribution < 1.29 is 101 Å². The Hall–Kier alpha value is 4.49. The Labute approximate surface area is 142 Å². The first-order chi connectivity index (χ1) is 1.00. The summed E-state index contributed by atoms with van der Waals surface area (Å²) in [6.07, 6.45) is 0. The molecule has 0 spiro atoms. The summed E-state index contributed by atoms with van der Waals surface area (Å²) < 4.78 is 8.06. The Balaban J connectivity index is -0.00000000167. The van der Waals surface area contributed by atoms with Crippen LogP contribution in [-0.2, 0) is 19.8 Å². The average molecular weight is 455 g/mol. The Morgan fingerprint density at radius 1 is 1.20 bits per heavy atom. The van der Waals surface area contributed by atoms with Gasteiger partial charge in [0.2, 0.25) is 0 Å². The summed E-state index contributed by atoms with van der Waals surface area (Å²) in [5, 5.41) is 0. The molecule has 0 aromatic rings. The van der Waals surface area contributed by atoms with Crippen molar-refractivity contribution in [2.24, 2.45) is 0 Å². The van der Waals surface area contributed by atoms with Crippen LogP contribution in [0.15, 0.2) is 0 Å². The molecule has 0 aliphatic carbocycles. The van der Waals surface area contributed by atoms with E-state index in [1.807, 2.05) is 0 Å². The Morgan fingerprint density at radius 2 is 1.20 bits per heavy atom. The minimum atomic E-state index is 0. The van der Waals surface area contributed by atoms with Crippen LogP contribution in [0.1, 0.15) is 0 Å². The summed E-state index contributed by atoms with van der Waals surface area (Å²) in [5.41, 5.74) is 0. The fourth-order valence-corrected chi connectivity index (χ4v) is 0. The molecule has 0 atom stereocenters. The SMILES string of the molecule is [Nd].[O]=[Mn].[Sm].[SrH2]. The van der Waals surface area contributed by atoms with E-state index in [4.69, 9.17) is 3.83 Å². The van der Waals surface area contributed by atoms with Crippen LogP contribution in [0, 0.1) is 81.2 Å². The zero-order chi connectivity index (χ0) is 2.00. The molecule has 0 radical (unpaired) electrons. The quantitative estimate of drug-likeness (QED) is 0.427. The number of hydrogen-bond acceptors (Lipinski definition) is 1. The summed E-state index contributed by atoms with van der Waals surface area (Å²) in [7, 11) is 0. The van der Waals surface area contributed by atoms with E-state index in [1.54, 1.807) is 15.9 Å². The molecule has 0 aromatic heterocycles. The molecule has 0 aliphatic heterocycles. The van der Waals surface area contributed by atoms with E-state index in [2.05, 4.69) is 0 Å². The fraction of sp³-hybridized carbons (Fsp3) is 0. The Kier molecular flexibility index (Phi) is 107. The first-order valence-corrected chi connectivity index (χ1v) is 0.636. The molecule has 0 fully saturated rings. The van der Waals surface area contributed by atoms with E-state index in [9.17, 15) is 0 Å². The van der Waals surface area contributed by atoms with Gasteiger partial charge in [0.1, 0.15) is 0 Å². The van der Waals surface area contributed by atoms with Crippen molar-refractivity contribution in [1.29, 1.82) is 0 Å². The molecule has 0 rings (SSSR count). The summed E-state index contributed by atoms with van der Waals surface area (Å²) in [6.45, 7) is 0. The number of rotatable bonds is 0. The van der Waals surface area contributed by atoms with Gasteiger partial charge in [0, 0.05) is 81.2 Å². The van der Waals surface area contributed by atoms with Crippen LogP contribution in [0.4, 0.5) is 0 Å². The van der Waals surface area contributed by atoms with Crippen molar-refractivity contribution in [1.82, 2.24) is 0 Å². The van der Waals surface area contributed by atoms with Crippen molar-refractivity contribution in [3.8, 4) is 0 Å². The molecule has 0 amide bonds. The van der Waals surface area contributed by atoms with E-state index in [0.717, 1.165) is 0 Å². The minimum absolute atomic E-state index is 0. The Bertz CT molecular complexity index is 11.6. The zero-order valence-electron chi connectivity index (χ0n) is 1.69. The van der Waals surface area contributed by atoms with E-state index >= 15 is 0 Å². The second-order valence-electron chi connectivity index (χ2n) is 0. The van der Waals surface area contributed by atoms with Crippen LogP contribution < -0.4 is 0 Å². The molecule has 0 aliphatic rings. The van der Waals surface area contributed by atoms with Crippen LogP contribution in [0.2, 0.25) is 0 Å². The van der Waals surface area contributed by atoms with Gasteiger partial charge in [-0.1, -0.05) is 0 Å². The van der Waals surface area contributed by atoms with Crippen molar-refractivity contribution in [2.45, 2.75) is 0 Å². The van der Waals surface area contributed by atoms with Crippen LogP contribution >= 0.6 is 0 Å². The van der Waals surface area contributed by atoms with E-state index in [-0.39, 0.29) is 127 Å². The topological polar surface area (TPSA) is 17.1 Å². The summed E-state index contributed by atoms with van der Waals surface area (Å²) in [4.78, 5) is 0. The van der Waals surface area contributed by atoms with Gasteiger partial charge in [-0.2, -0.15) is 0 Å². The first-order valence-electron chi connectivity index (χ1n) is 0.154. The van der Waals surface area contributed by atoms with Gasteiger partial charge in [0.15, 0.2) is 0 Å². The van der Waals surface area contributed by atoms with Gasteiger partial charge in [-0.25, -0.2) is 0 Å². The van der Waals surface area contributed by atoms with Gasteiger partial charge >= 0.3 is 65.3 Å². The standard InChI is InChI=1S/Mn.Nd.O.Sm.Sr.2H. The summed E-state index contributed by atoms with van der Waals surface area (Å²) in [5.74, 6) is 0. The molecule has 5 heavy (non-hydrogen) atoms. The second kappa shape index (κ2) is 23.6. The first kappa shape index (κ1) is 22.7. The molecule has 27 valence electrons. The zero-order valence-corrected chi connectivity index (χ0v) is 8.70. The molecule has 0 saturated carbocycles. The van der Waals surface area contributed by atoms with Crippen molar-refractivity contribution >= 4 is 45.5 Å². The van der Waals surface area contributed by atoms with E-state index in [0.29, 0.717) is 0 Å². The third-order valence-electron chi connectivity index (χ3n) is 0. The molecule has 0 unspecified atom stereocenters. The molecule has 0 heterocycles. The molecular weight excluding hydrogens is 453 g/mol. The Morgan fingerprint density at radius 3 is 1.20 bits per heavy atom. The van der Waals surface area contributed by atoms with Crippen LogP contribution in [-0.4, -0.2) is 45.5 Å². The third kappa shape index (κ3) is 17.7. The van der Waals surface area contributed by atoms with Crippen molar-refractivity contribution in [3.05, 3.63) is 0 Å². The van der Waals surface area contributed by atoms with Gasteiger partial charge in [0.05, 0.1) is 0 Å². The average Bonchev–Trinajstić information content (AvgIpc) is 1.00. The van der Waals surface area contributed by atoms with Crippen LogP contribution in [0.25, 0.3) is 0 Å². The molecule has 0 N–H and O–H groups in total. The summed E-state index contributed by atoms with van der Waals surface area (Å²) >= 11 is 1.69. The van der Waals surface area contributed by atoms with Crippen LogP contribution in [0.5, 0.6) is 0 Å². The van der Waals surface area contributed by atoms with Gasteiger partial charge in [0.25, 0.3) is 0 Å². The predicted molar refractivity (Wildman–Crippen MR) is 9.23 cm³/mol. The third-order valence-corrected chi connectivity index (χ3v) is 0. The van der Waals surface area contributed by atoms with Gasteiger partial charge in [-0.05, 0) is 0 Å². The fourth-order valence-electron chi connectivity index (χ4n) is 0. The maximum absolute atomic E-state index is 8.06. The van der Waals surface area contributed by atoms with Crippen LogP contribution in [0.3, 0.4) is 0 Å². The van der Waals surface area contributed by atoms with Gasteiger partial charge < -0.3 is 0 Å². The maximum atomic E-state index is 8.06. The van der Waals surface area contributed by atoms with Gasteiger partial charge in [-0.15, -0.1) is 0 Å². The molecule has 1 nitrogen and oxygen atoms in total. The normalized spacial score (nSPS) is 0.800. The predicted octanol–water partition coefficient (Wildman–Crippen LogP) is -1.04. The van der Waals surface area contributed by atoms with E-state index in [1.165, 1.54) is 0 Å². The molecular formula is H2MnNdOSmSr. The number of hydrogen-bond donors (Lipinski definition) is 0. The van der Waals surface area contributed by atoms with Crippen molar-refractivity contribution in [2.75, 3.05) is 0 Å². The molecule has 0 bridgehead atoms. The van der Waals surface area contributed by atoms with Gasteiger partial charge in [-0.3, -0.25) is 0 Å². The molecule has 5 heteroatoms. The monoisotopic (exact) mass is 455 g/mol. The van der Waals surface area contributed by atoms with E-state index < -0.39 is 0 Å². The summed E-state index contributed by atoms with van der Waals surface area (Å²) in [6, 6.07) is 0. The molecule has 0 aromatic carbocycles. The second-order valence-corrected chi connectivity index (χ2v) is 0. The molecule has 0 saturated heterocycles.